The van der Waals surface area contributed by atoms with Crippen molar-refractivity contribution in [1.82, 2.24) is 20.2 Å². The molecule has 140 valence electrons. The van der Waals surface area contributed by atoms with E-state index in [1.165, 1.54) is 11.1 Å². The summed E-state index contributed by atoms with van der Waals surface area (Å²) in [6.07, 6.45) is 6.23. The number of rotatable bonds is 6. The Balaban J connectivity index is 1.64. The van der Waals surface area contributed by atoms with E-state index in [-0.39, 0.29) is 5.41 Å². The summed E-state index contributed by atoms with van der Waals surface area (Å²) >= 11 is 0. The van der Waals surface area contributed by atoms with Crippen LogP contribution in [0.5, 0.6) is 0 Å². The van der Waals surface area contributed by atoms with E-state index in [9.17, 15) is 0 Å². The Morgan fingerprint density at radius 1 is 1.00 bits per heavy atom. The van der Waals surface area contributed by atoms with Gasteiger partial charge in [0.1, 0.15) is 0 Å². The molecule has 0 aliphatic rings. The Labute approximate surface area is 160 Å². The Morgan fingerprint density at radius 3 is 2.37 bits per heavy atom. The molecular formula is C21H26N6. The first-order valence-electron chi connectivity index (χ1n) is 9.09. The van der Waals surface area contributed by atoms with Gasteiger partial charge in [0.15, 0.2) is 5.82 Å². The van der Waals surface area contributed by atoms with Crippen LogP contribution in [0.25, 0.3) is 0 Å². The second-order valence-corrected chi connectivity index (χ2v) is 7.62. The van der Waals surface area contributed by atoms with Crippen LogP contribution in [-0.4, -0.2) is 33.8 Å². The minimum Gasteiger partial charge on any atom is -0.358 e. The Hall–Kier alpha value is -3.02. The van der Waals surface area contributed by atoms with Crippen molar-refractivity contribution in [1.29, 1.82) is 0 Å². The number of benzene rings is 1. The summed E-state index contributed by atoms with van der Waals surface area (Å²) in [5.74, 6) is 1.28. The van der Waals surface area contributed by atoms with E-state index < -0.39 is 0 Å². The summed E-state index contributed by atoms with van der Waals surface area (Å²) in [5.41, 5.74) is 3.61. The molecule has 2 heterocycles. The molecule has 0 saturated carbocycles. The van der Waals surface area contributed by atoms with Gasteiger partial charge in [-0.05, 0) is 47.2 Å². The molecular weight excluding hydrogens is 336 g/mol. The fraction of sp³-hybridized carbons (Fsp3) is 0.333. The summed E-state index contributed by atoms with van der Waals surface area (Å²) in [5, 5.41) is 11.4. The Kier molecular flexibility index (Phi) is 5.64. The van der Waals surface area contributed by atoms with Crippen LogP contribution < -0.4 is 10.2 Å². The van der Waals surface area contributed by atoms with E-state index in [2.05, 4.69) is 63.3 Å². The van der Waals surface area contributed by atoms with Gasteiger partial charge in [-0.25, -0.2) is 0 Å². The van der Waals surface area contributed by atoms with Crippen LogP contribution in [0, 0.1) is 0 Å². The fourth-order valence-corrected chi connectivity index (χ4v) is 2.68. The Morgan fingerprint density at radius 2 is 1.70 bits per heavy atom. The lowest BCUT2D eigenvalue weighted by Gasteiger charge is -2.19. The Bertz CT molecular complexity index is 856. The monoisotopic (exact) mass is 362 g/mol. The van der Waals surface area contributed by atoms with E-state index in [1.807, 2.05) is 43.7 Å². The number of hydrogen-bond donors (Lipinski definition) is 1. The van der Waals surface area contributed by atoms with E-state index in [4.69, 9.17) is 0 Å². The van der Waals surface area contributed by atoms with Crippen LogP contribution in [0.2, 0.25) is 0 Å². The molecule has 0 fully saturated rings. The van der Waals surface area contributed by atoms with Gasteiger partial charge in [0.05, 0.1) is 6.20 Å². The second-order valence-electron chi connectivity index (χ2n) is 7.62. The molecule has 0 aliphatic carbocycles. The molecule has 1 aromatic carbocycles. The van der Waals surface area contributed by atoms with Crippen molar-refractivity contribution < 1.29 is 0 Å². The first-order chi connectivity index (χ1) is 12.9. The molecule has 2 aromatic heterocycles. The molecule has 0 atom stereocenters. The molecule has 0 spiro atoms. The molecule has 3 rings (SSSR count). The molecule has 0 radical (unpaired) electrons. The van der Waals surface area contributed by atoms with Crippen LogP contribution in [0.3, 0.4) is 0 Å². The van der Waals surface area contributed by atoms with Crippen LogP contribution in [-0.2, 0) is 11.8 Å². The summed E-state index contributed by atoms with van der Waals surface area (Å²) in [4.78, 5) is 10.7. The van der Waals surface area contributed by atoms with Crippen molar-refractivity contribution in [3.63, 3.8) is 0 Å². The van der Waals surface area contributed by atoms with Gasteiger partial charge in [-0.2, -0.15) is 10.1 Å². The van der Waals surface area contributed by atoms with E-state index in [1.54, 1.807) is 6.20 Å². The van der Waals surface area contributed by atoms with Crippen molar-refractivity contribution in [2.75, 3.05) is 23.8 Å². The highest BCUT2D eigenvalue weighted by Crippen LogP contribution is 2.24. The number of anilines is 3. The van der Waals surface area contributed by atoms with Gasteiger partial charge in [0, 0.05) is 31.7 Å². The number of likely N-dealkylation sites (N-methyl/N-ethyl adjacent to an activating group) is 1. The standard InChI is InChI=1S/C21H26N6/c1-21(2,3)17-5-7-18(8-6-17)24-20-25-19(15-23-26-20)27(4)14-11-16-9-12-22-13-10-16/h5-10,12-13,15H,11,14H2,1-4H3,(H,24,25,26). The van der Waals surface area contributed by atoms with Crippen LogP contribution in [0.1, 0.15) is 31.9 Å². The predicted molar refractivity (Wildman–Crippen MR) is 109 cm³/mol. The zero-order valence-corrected chi connectivity index (χ0v) is 16.3. The van der Waals surface area contributed by atoms with Gasteiger partial charge in [0.25, 0.3) is 0 Å². The molecule has 1 N–H and O–H groups in total. The maximum atomic E-state index is 4.58. The normalized spacial score (nSPS) is 11.3. The molecule has 6 heteroatoms. The van der Waals surface area contributed by atoms with Crippen LogP contribution in [0.15, 0.2) is 55.0 Å². The third-order valence-corrected chi connectivity index (χ3v) is 4.43. The molecule has 0 aliphatic heterocycles. The van der Waals surface area contributed by atoms with Crippen molar-refractivity contribution >= 4 is 17.5 Å². The highest BCUT2D eigenvalue weighted by molar-refractivity contribution is 5.55. The van der Waals surface area contributed by atoms with Gasteiger partial charge in [-0.3, -0.25) is 4.98 Å². The molecule has 3 aromatic rings. The van der Waals surface area contributed by atoms with E-state index in [0.29, 0.717) is 5.95 Å². The fourth-order valence-electron chi connectivity index (χ4n) is 2.68. The number of nitrogens with one attached hydrogen (secondary N) is 1. The molecule has 0 unspecified atom stereocenters. The van der Waals surface area contributed by atoms with Gasteiger partial charge < -0.3 is 10.2 Å². The maximum absolute atomic E-state index is 4.58. The first-order valence-corrected chi connectivity index (χ1v) is 9.09. The minimum absolute atomic E-state index is 0.133. The minimum atomic E-state index is 0.133. The average molecular weight is 362 g/mol. The predicted octanol–water partition coefficient (Wildman–Crippen LogP) is 3.99. The van der Waals surface area contributed by atoms with Gasteiger partial charge >= 0.3 is 0 Å². The maximum Gasteiger partial charge on any atom is 0.249 e. The van der Waals surface area contributed by atoms with Crippen molar-refractivity contribution in [2.24, 2.45) is 0 Å². The number of pyridine rings is 1. The molecule has 0 amide bonds. The van der Waals surface area contributed by atoms with Crippen LogP contribution in [0.4, 0.5) is 17.5 Å². The van der Waals surface area contributed by atoms with E-state index in [0.717, 1.165) is 24.5 Å². The van der Waals surface area contributed by atoms with Gasteiger partial charge in [0.2, 0.25) is 5.95 Å². The quantitative estimate of drug-likeness (QED) is 0.715. The molecule has 0 saturated heterocycles. The van der Waals surface area contributed by atoms with Crippen molar-refractivity contribution in [3.8, 4) is 0 Å². The first kappa shape index (κ1) is 18.8. The molecule has 6 nitrogen and oxygen atoms in total. The lowest BCUT2D eigenvalue weighted by atomic mass is 9.87. The third kappa shape index (κ3) is 5.23. The summed E-state index contributed by atoms with van der Waals surface area (Å²) < 4.78 is 0. The van der Waals surface area contributed by atoms with Crippen molar-refractivity contribution in [2.45, 2.75) is 32.6 Å². The molecule has 0 bridgehead atoms. The topological polar surface area (TPSA) is 66.8 Å². The summed E-state index contributed by atoms with van der Waals surface area (Å²) in [6.45, 7) is 7.44. The lowest BCUT2D eigenvalue weighted by molar-refractivity contribution is 0.590. The highest BCUT2D eigenvalue weighted by atomic mass is 15.3. The highest BCUT2D eigenvalue weighted by Gasteiger charge is 2.13. The number of nitrogens with zero attached hydrogens (tertiary/aromatic N) is 5. The lowest BCUT2D eigenvalue weighted by Crippen LogP contribution is -2.22. The molecule has 27 heavy (non-hydrogen) atoms. The summed E-state index contributed by atoms with van der Waals surface area (Å²) in [7, 11) is 2.01. The average Bonchev–Trinajstić information content (AvgIpc) is 2.67. The SMILES string of the molecule is CN(CCc1ccncc1)c1cnnc(Nc2ccc(C(C)(C)C)cc2)n1. The number of hydrogen-bond acceptors (Lipinski definition) is 6. The zero-order chi connectivity index (χ0) is 19.3. The second kappa shape index (κ2) is 8.12. The van der Waals surface area contributed by atoms with Crippen LogP contribution >= 0.6 is 0 Å². The smallest absolute Gasteiger partial charge is 0.249 e. The van der Waals surface area contributed by atoms with E-state index >= 15 is 0 Å². The van der Waals surface area contributed by atoms with Gasteiger partial charge in [-0.1, -0.05) is 32.9 Å². The largest absolute Gasteiger partial charge is 0.358 e. The zero-order valence-electron chi connectivity index (χ0n) is 16.3. The van der Waals surface area contributed by atoms with Gasteiger partial charge in [-0.15, -0.1) is 5.10 Å². The summed E-state index contributed by atoms with van der Waals surface area (Å²) in [6, 6.07) is 12.4. The number of aromatic nitrogens is 4. The third-order valence-electron chi connectivity index (χ3n) is 4.43. The van der Waals surface area contributed by atoms with Crippen molar-refractivity contribution in [3.05, 3.63) is 66.1 Å².